The maximum absolute atomic E-state index is 5.62. The molecule has 0 aliphatic rings. The van der Waals surface area contributed by atoms with Crippen LogP contribution in [-0.4, -0.2) is 9.97 Å². The van der Waals surface area contributed by atoms with E-state index in [0.29, 0.717) is 6.54 Å². The highest BCUT2D eigenvalue weighted by molar-refractivity contribution is 5.56. The Bertz CT molecular complexity index is 486. The number of hydrogen-bond donors (Lipinski definition) is 1. The molecular weight excluding hydrogens is 198 g/mol. The highest BCUT2D eigenvalue weighted by Gasteiger charge is 2.03. The van der Waals surface area contributed by atoms with Gasteiger partial charge in [-0.2, -0.15) is 0 Å². The predicted molar refractivity (Wildman–Crippen MR) is 64.8 cm³/mol. The molecule has 2 rings (SSSR count). The fourth-order valence-corrected chi connectivity index (χ4v) is 1.69. The highest BCUT2D eigenvalue weighted by Crippen LogP contribution is 2.17. The second kappa shape index (κ2) is 4.41. The zero-order valence-electron chi connectivity index (χ0n) is 9.57. The average Bonchev–Trinajstić information content (AvgIpc) is 2.28. The van der Waals surface area contributed by atoms with Crippen LogP contribution in [0.25, 0.3) is 11.4 Å². The van der Waals surface area contributed by atoms with E-state index in [1.165, 1.54) is 0 Å². The van der Waals surface area contributed by atoms with Crippen LogP contribution >= 0.6 is 0 Å². The normalized spacial score (nSPS) is 10.4. The van der Waals surface area contributed by atoms with E-state index < -0.39 is 0 Å². The van der Waals surface area contributed by atoms with Gasteiger partial charge in [0.2, 0.25) is 0 Å². The van der Waals surface area contributed by atoms with Gasteiger partial charge in [0, 0.05) is 23.5 Å². The minimum absolute atomic E-state index is 0.540. The summed E-state index contributed by atoms with van der Waals surface area (Å²) < 4.78 is 0. The first-order valence-corrected chi connectivity index (χ1v) is 5.30. The monoisotopic (exact) mass is 213 g/mol. The summed E-state index contributed by atoms with van der Waals surface area (Å²) in [6, 6.07) is 10.0. The molecule has 82 valence electrons. The summed E-state index contributed by atoms with van der Waals surface area (Å²) in [7, 11) is 0. The first-order valence-electron chi connectivity index (χ1n) is 5.30. The molecule has 3 nitrogen and oxygen atoms in total. The Hall–Kier alpha value is -1.74. The number of benzene rings is 1. The quantitative estimate of drug-likeness (QED) is 0.832. The number of nitrogens with zero attached hydrogens (tertiary/aromatic N) is 2. The third-order valence-corrected chi connectivity index (χ3v) is 2.40. The molecule has 2 aromatic rings. The van der Waals surface area contributed by atoms with Gasteiger partial charge in [0.1, 0.15) is 0 Å². The van der Waals surface area contributed by atoms with E-state index in [-0.39, 0.29) is 0 Å². The fraction of sp³-hybridized carbons (Fsp3) is 0.231. The van der Waals surface area contributed by atoms with Crippen molar-refractivity contribution in [2.24, 2.45) is 5.73 Å². The summed E-state index contributed by atoms with van der Waals surface area (Å²) in [6.07, 6.45) is 0. The lowest BCUT2D eigenvalue weighted by molar-refractivity contribution is 1.05. The van der Waals surface area contributed by atoms with E-state index in [0.717, 1.165) is 28.3 Å². The van der Waals surface area contributed by atoms with Crippen molar-refractivity contribution in [1.82, 2.24) is 9.97 Å². The lowest BCUT2D eigenvalue weighted by Gasteiger charge is -2.04. The second-order valence-corrected chi connectivity index (χ2v) is 3.88. The van der Waals surface area contributed by atoms with Crippen LogP contribution < -0.4 is 5.73 Å². The van der Waals surface area contributed by atoms with Gasteiger partial charge in [0.25, 0.3) is 0 Å². The molecule has 0 unspecified atom stereocenters. The van der Waals surface area contributed by atoms with Crippen LogP contribution in [-0.2, 0) is 6.54 Å². The van der Waals surface area contributed by atoms with Crippen molar-refractivity contribution >= 4 is 0 Å². The maximum Gasteiger partial charge on any atom is 0.159 e. The van der Waals surface area contributed by atoms with Crippen molar-refractivity contribution in [2.75, 3.05) is 0 Å². The minimum Gasteiger partial charge on any atom is -0.326 e. The number of nitrogens with two attached hydrogens (primary N) is 1. The van der Waals surface area contributed by atoms with Crippen molar-refractivity contribution in [3.63, 3.8) is 0 Å². The van der Waals surface area contributed by atoms with E-state index >= 15 is 0 Å². The molecule has 0 atom stereocenters. The summed E-state index contributed by atoms with van der Waals surface area (Å²) in [4.78, 5) is 8.86. The molecule has 0 bridgehead atoms. The summed E-state index contributed by atoms with van der Waals surface area (Å²) in [6.45, 7) is 4.49. The van der Waals surface area contributed by atoms with Gasteiger partial charge in [-0.1, -0.05) is 18.2 Å². The van der Waals surface area contributed by atoms with Gasteiger partial charge in [0.15, 0.2) is 5.82 Å². The van der Waals surface area contributed by atoms with Crippen molar-refractivity contribution in [1.29, 1.82) is 0 Å². The molecule has 0 amide bonds. The Kier molecular flexibility index (Phi) is 2.97. The lowest BCUT2D eigenvalue weighted by atomic mass is 10.1. The molecule has 0 fully saturated rings. The number of hydrogen-bond acceptors (Lipinski definition) is 3. The van der Waals surface area contributed by atoms with Gasteiger partial charge < -0.3 is 5.73 Å². The smallest absolute Gasteiger partial charge is 0.159 e. The SMILES string of the molecule is Cc1cc(C)nc(-c2cccc(CN)c2)n1. The largest absolute Gasteiger partial charge is 0.326 e. The Balaban J connectivity index is 2.49. The van der Waals surface area contributed by atoms with Crippen LogP contribution in [0.5, 0.6) is 0 Å². The molecule has 3 heteroatoms. The van der Waals surface area contributed by atoms with Gasteiger partial charge in [-0.25, -0.2) is 9.97 Å². The Labute approximate surface area is 95.4 Å². The van der Waals surface area contributed by atoms with Crippen LogP contribution in [0.2, 0.25) is 0 Å². The molecule has 16 heavy (non-hydrogen) atoms. The molecule has 0 radical (unpaired) electrons. The third kappa shape index (κ3) is 2.25. The zero-order chi connectivity index (χ0) is 11.5. The topological polar surface area (TPSA) is 51.8 Å². The molecule has 0 saturated heterocycles. The third-order valence-electron chi connectivity index (χ3n) is 2.40. The minimum atomic E-state index is 0.540. The number of rotatable bonds is 2. The van der Waals surface area contributed by atoms with Crippen LogP contribution in [0.3, 0.4) is 0 Å². The Morgan fingerprint density at radius 3 is 2.38 bits per heavy atom. The molecule has 0 aliphatic heterocycles. The zero-order valence-corrected chi connectivity index (χ0v) is 9.57. The standard InChI is InChI=1S/C13H15N3/c1-9-6-10(2)16-13(15-9)12-5-3-4-11(7-12)8-14/h3-7H,8,14H2,1-2H3. The molecule has 0 saturated carbocycles. The summed E-state index contributed by atoms with van der Waals surface area (Å²) >= 11 is 0. The van der Waals surface area contributed by atoms with Crippen molar-refractivity contribution < 1.29 is 0 Å². The highest BCUT2D eigenvalue weighted by atomic mass is 14.9. The van der Waals surface area contributed by atoms with Gasteiger partial charge in [0.05, 0.1) is 0 Å². The lowest BCUT2D eigenvalue weighted by Crippen LogP contribution is -1.98. The number of aromatic nitrogens is 2. The maximum atomic E-state index is 5.62. The molecule has 1 aromatic heterocycles. The van der Waals surface area contributed by atoms with Gasteiger partial charge >= 0.3 is 0 Å². The van der Waals surface area contributed by atoms with Crippen molar-refractivity contribution in [2.45, 2.75) is 20.4 Å². The van der Waals surface area contributed by atoms with Crippen molar-refractivity contribution in [3.8, 4) is 11.4 Å². The van der Waals surface area contributed by atoms with Crippen LogP contribution in [0.1, 0.15) is 17.0 Å². The molecule has 2 N–H and O–H groups in total. The molecule has 0 spiro atoms. The number of aryl methyl sites for hydroxylation is 2. The van der Waals surface area contributed by atoms with Crippen molar-refractivity contribution in [3.05, 3.63) is 47.3 Å². The van der Waals surface area contributed by atoms with Crippen LogP contribution in [0.4, 0.5) is 0 Å². The predicted octanol–water partition coefficient (Wildman–Crippen LogP) is 2.22. The molecule has 1 heterocycles. The summed E-state index contributed by atoms with van der Waals surface area (Å²) in [5, 5.41) is 0. The van der Waals surface area contributed by atoms with Gasteiger partial charge in [-0.3, -0.25) is 0 Å². The molecule has 1 aromatic carbocycles. The van der Waals surface area contributed by atoms with E-state index in [1.54, 1.807) is 0 Å². The van der Waals surface area contributed by atoms with Gasteiger partial charge in [-0.15, -0.1) is 0 Å². The van der Waals surface area contributed by atoms with Gasteiger partial charge in [-0.05, 0) is 31.5 Å². The molecular formula is C13H15N3. The average molecular weight is 213 g/mol. The van der Waals surface area contributed by atoms with E-state index in [2.05, 4.69) is 9.97 Å². The first-order chi connectivity index (χ1) is 7.69. The van der Waals surface area contributed by atoms with Crippen LogP contribution in [0.15, 0.2) is 30.3 Å². The summed E-state index contributed by atoms with van der Waals surface area (Å²) in [5.74, 6) is 0.771. The van der Waals surface area contributed by atoms with Crippen LogP contribution in [0, 0.1) is 13.8 Å². The Morgan fingerprint density at radius 1 is 1.06 bits per heavy atom. The second-order valence-electron chi connectivity index (χ2n) is 3.88. The van der Waals surface area contributed by atoms with E-state index in [9.17, 15) is 0 Å². The van der Waals surface area contributed by atoms with E-state index in [1.807, 2.05) is 44.2 Å². The Morgan fingerprint density at radius 2 is 1.75 bits per heavy atom. The first kappa shape index (κ1) is 10.8. The molecule has 0 aliphatic carbocycles. The van der Waals surface area contributed by atoms with E-state index in [4.69, 9.17) is 5.73 Å². The summed E-state index contributed by atoms with van der Waals surface area (Å²) in [5.41, 5.74) is 9.71. The fourth-order valence-electron chi connectivity index (χ4n) is 1.69.